The van der Waals surface area contributed by atoms with Crippen LogP contribution in [0, 0.1) is 16.0 Å². The molecule has 1 atom stereocenters. The van der Waals surface area contributed by atoms with E-state index >= 15 is 0 Å². The number of carbonyl (C=O) groups excluding carboxylic acids is 2. The molecule has 1 fully saturated rings. The highest BCUT2D eigenvalue weighted by Crippen LogP contribution is 2.34. The number of benzene rings is 2. The highest BCUT2D eigenvalue weighted by molar-refractivity contribution is 7.22. The van der Waals surface area contributed by atoms with Crippen LogP contribution >= 0.6 is 11.3 Å². The van der Waals surface area contributed by atoms with Crippen LogP contribution in [0.15, 0.2) is 42.5 Å². The van der Waals surface area contributed by atoms with E-state index in [1.54, 1.807) is 0 Å². The molecular formula is C21H19N3O6S. The fourth-order valence-electron chi connectivity index (χ4n) is 3.30. The van der Waals surface area contributed by atoms with Crippen molar-refractivity contribution in [1.82, 2.24) is 4.98 Å². The van der Waals surface area contributed by atoms with Gasteiger partial charge in [0.25, 0.3) is 5.69 Å². The molecule has 0 spiro atoms. The summed E-state index contributed by atoms with van der Waals surface area (Å²) in [6, 6.07) is 11.3. The molecule has 1 aliphatic heterocycles. The Kier molecular flexibility index (Phi) is 5.81. The van der Waals surface area contributed by atoms with E-state index in [1.165, 1.54) is 40.5 Å². The van der Waals surface area contributed by atoms with Gasteiger partial charge in [0.05, 0.1) is 27.7 Å². The second-order valence-electron chi connectivity index (χ2n) is 7.00. The van der Waals surface area contributed by atoms with Crippen LogP contribution in [0.5, 0.6) is 5.75 Å². The van der Waals surface area contributed by atoms with Crippen LogP contribution in [-0.4, -0.2) is 34.9 Å². The minimum atomic E-state index is -0.587. The highest BCUT2D eigenvalue weighted by atomic mass is 32.1. The average molecular weight is 441 g/mol. The molecular weight excluding hydrogens is 422 g/mol. The van der Waals surface area contributed by atoms with Crippen molar-refractivity contribution in [3.05, 3.63) is 58.1 Å². The summed E-state index contributed by atoms with van der Waals surface area (Å²) in [6.45, 7) is 2.66. The number of amides is 1. The SMILES string of the molecule is CCOc1ccc2nc(N3C[C@H](C(=O)OCc4ccc([N+](=O)[O-])cc4)CC3=O)sc2c1. The van der Waals surface area contributed by atoms with Gasteiger partial charge in [0.15, 0.2) is 5.13 Å². The standard InChI is InChI=1S/C21H19N3O6S/c1-2-29-16-7-8-17-18(10-16)31-21(22-17)23-11-14(9-19(23)25)20(26)30-12-13-3-5-15(6-4-13)24(27)28/h3-8,10,14H,2,9,11-12H2,1H3/t14-/m1/s1. The molecule has 3 aromatic rings. The first kappa shape index (κ1) is 20.7. The van der Waals surface area contributed by atoms with Crippen molar-refractivity contribution in [3.8, 4) is 5.75 Å². The number of esters is 1. The zero-order chi connectivity index (χ0) is 22.0. The predicted molar refractivity (Wildman–Crippen MR) is 114 cm³/mol. The Labute approximate surface area is 181 Å². The van der Waals surface area contributed by atoms with Crippen molar-refractivity contribution in [2.45, 2.75) is 20.0 Å². The summed E-state index contributed by atoms with van der Waals surface area (Å²) in [5.41, 5.74) is 1.37. The maximum absolute atomic E-state index is 12.5. The summed E-state index contributed by atoms with van der Waals surface area (Å²) < 4.78 is 11.7. The number of nitro benzene ring substituents is 1. The first-order valence-electron chi connectivity index (χ1n) is 9.68. The summed E-state index contributed by atoms with van der Waals surface area (Å²) in [4.78, 5) is 41.2. The largest absolute Gasteiger partial charge is 0.494 e. The number of anilines is 1. The average Bonchev–Trinajstić information content (AvgIpc) is 3.35. The summed E-state index contributed by atoms with van der Waals surface area (Å²) >= 11 is 1.37. The molecule has 2 aromatic carbocycles. The van der Waals surface area contributed by atoms with E-state index in [0.717, 1.165) is 16.0 Å². The quantitative estimate of drug-likeness (QED) is 0.312. The van der Waals surface area contributed by atoms with E-state index in [-0.39, 0.29) is 31.2 Å². The number of rotatable bonds is 7. The number of nitrogens with zero attached hydrogens (tertiary/aromatic N) is 3. The normalized spacial score (nSPS) is 16.0. The second kappa shape index (κ2) is 8.68. The second-order valence-corrected chi connectivity index (χ2v) is 8.00. The molecule has 0 N–H and O–H groups in total. The molecule has 160 valence electrons. The van der Waals surface area contributed by atoms with Crippen LogP contribution in [0.1, 0.15) is 18.9 Å². The fourth-order valence-corrected chi connectivity index (χ4v) is 4.32. The third-order valence-corrected chi connectivity index (χ3v) is 5.92. The smallest absolute Gasteiger partial charge is 0.311 e. The number of ether oxygens (including phenoxy) is 2. The maximum Gasteiger partial charge on any atom is 0.311 e. The first-order chi connectivity index (χ1) is 14.9. The number of aromatic nitrogens is 1. The van der Waals surface area contributed by atoms with E-state index in [9.17, 15) is 19.7 Å². The van der Waals surface area contributed by atoms with Gasteiger partial charge in [0.2, 0.25) is 5.91 Å². The number of hydrogen-bond acceptors (Lipinski definition) is 8. The Morgan fingerprint density at radius 1 is 1.29 bits per heavy atom. The Balaban J connectivity index is 1.39. The molecule has 0 unspecified atom stereocenters. The summed E-state index contributed by atoms with van der Waals surface area (Å²) in [7, 11) is 0. The van der Waals surface area contributed by atoms with Crippen molar-refractivity contribution in [1.29, 1.82) is 0 Å². The van der Waals surface area contributed by atoms with Gasteiger partial charge in [-0.15, -0.1) is 0 Å². The predicted octanol–water partition coefficient (Wildman–Crippen LogP) is 3.70. The van der Waals surface area contributed by atoms with Gasteiger partial charge < -0.3 is 9.47 Å². The number of nitro groups is 1. The number of carbonyl (C=O) groups is 2. The molecule has 31 heavy (non-hydrogen) atoms. The number of fused-ring (bicyclic) bond motifs is 1. The van der Waals surface area contributed by atoms with E-state index < -0.39 is 16.8 Å². The van der Waals surface area contributed by atoms with Crippen molar-refractivity contribution in [2.75, 3.05) is 18.1 Å². The molecule has 0 bridgehead atoms. The van der Waals surface area contributed by atoms with Gasteiger partial charge >= 0.3 is 5.97 Å². The van der Waals surface area contributed by atoms with Gasteiger partial charge in [-0.2, -0.15) is 0 Å². The summed E-state index contributed by atoms with van der Waals surface area (Å²) in [5, 5.41) is 11.2. The van der Waals surface area contributed by atoms with E-state index in [4.69, 9.17) is 9.47 Å². The monoisotopic (exact) mass is 441 g/mol. The van der Waals surface area contributed by atoms with Crippen LogP contribution in [0.4, 0.5) is 10.8 Å². The van der Waals surface area contributed by atoms with E-state index in [1.807, 2.05) is 25.1 Å². The Morgan fingerprint density at radius 2 is 2.06 bits per heavy atom. The molecule has 1 amide bonds. The van der Waals surface area contributed by atoms with Crippen LogP contribution in [0.3, 0.4) is 0 Å². The van der Waals surface area contributed by atoms with Crippen molar-refractivity contribution in [2.24, 2.45) is 5.92 Å². The van der Waals surface area contributed by atoms with E-state index in [2.05, 4.69) is 4.98 Å². The van der Waals surface area contributed by atoms with Crippen LogP contribution in [0.2, 0.25) is 0 Å². The van der Waals surface area contributed by atoms with Gasteiger partial charge in [-0.3, -0.25) is 24.6 Å². The first-order valence-corrected chi connectivity index (χ1v) is 10.5. The van der Waals surface area contributed by atoms with Crippen molar-refractivity contribution in [3.63, 3.8) is 0 Å². The molecule has 0 aliphatic carbocycles. The lowest BCUT2D eigenvalue weighted by Crippen LogP contribution is -2.26. The van der Waals surface area contributed by atoms with Gasteiger partial charge in [-0.05, 0) is 42.8 Å². The van der Waals surface area contributed by atoms with Gasteiger partial charge in [0.1, 0.15) is 12.4 Å². The molecule has 1 saturated heterocycles. The highest BCUT2D eigenvalue weighted by Gasteiger charge is 2.37. The molecule has 10 heteroatoms. The Morgan fingerprint density at radius 3 is 2.77 bits per heavy atom. The summed E-state index contributed by atoms with van der Waals surface area (Å²) in [6.07, 6.45) is 0.0548. The van der Waals surface area contributed by atoms with Gasteiger partial charge in [-0.1, -0.05) is 11.3 Å². The molecule has 2 heterocycles. The summed E-state index contributed by atoms with van der Waals surface area (Å²) in [5.74, 6) is -0.502. The lowest BCUT2D eigenvalue weighted by molar-refractivity contribution is -0.384. The lowest BCUT2D eigenvalue weighted by atomic mass is 10.1. The van der Waals surface area contributed by atoms with Crippen LogP contribution < -0.4 is 9.64 Å². The van der Waals surface area contributed by atoms with E-state index in [0.29, 0.717) is 17.3 Å². The number of hydrogen-bond donors (Lipinski definition) is 0. The molecule has 1 aliphatic rings. The molecule has 4 rings (SSSR count). The molecule has 9 nitrogen and oxygen atoms in total. The lowest BCUT2D eigenvalue weighted by Gasteiger charge is -2.12. The Hall–Kier alpha value is -3.53. The van der Waals surface area contributed by atoms with Gasteiger partial charge in [-0.25, -0.2) is 4.98 Å². The number of thiazole rings is 1. The number of non-ortho nitro benzene ring substituents is 1. The van der Waals surface area contributed by atoms with Crippen molar-refractivity contribution < 1.29 is 24.0 Å². The van der Waals surface area contributed by atoms with Crippen LogP contribution in [0.25, 0.3) is 10.2 Å². The fraction of sp³-hybridized carbons (Fsp3) is 0.286. The molecule has 0 radical (unpaired) electrons. The van der Waals surface area contributed by atoms with Gasteiger partial charge in [0, 0.05) is 25.1 Å². The zero-order valence-electron chi connectivity index (χ0n) is 16.6. The third kappa shape index (κ3) is 4.48. The van der Waals surface area contributed by atoms with Crippen molar-refractivity contribution >= 4 is 44.2 Å². The molecule has 1 aromatic heterocycles. The maximum atomic E-state index is 12.5. The topological polar surface area (TPSA) is 112 Å². The Bertz CT molecular complexity index is 1140. The minimum Gasteiger partial charge on any atom is -0.494 e. The zero-order valence-corrected chi connectivity index (χ0v) is 17.5. The molecule has 0 saturated carbocycles. The minimum absolute atomic E-state index is 0.0111. The third-order valence-electron chi connectivity index (χ3n) is 4.88. The van der Waals surface area contributed by atoms with Crippen LogP contribution in [-0.2, 0) is 20.9 Å².